The molecular formula is C33H25N3O2P2. The minimum Gasteiger partial charge on any atom is -0.354 e. The number of aromatic amines is 2. The average molecular weight is 558 g/mol. The topological polar surface area (TPSA) is 78.6 Å². The Bertz CT molecular complexity index is 1870. The number of H-pyrrole nitrogens is 2. The summed E-state index contributed by atoms with van der Waals surface area (Å²) in [7, 11) is 0.240. The molecule has 2 heterocycles. The fourth-order valence-corrected chi connectivity index (χ4v) is 7.55. The van der Waals surface area contributed by atoms with Crippen LogP contribution in [0.25, 0.3) is 55.2 Å². The zero-order valence-corrected chi connectivity index (χ0v) is 23.6. The lowest BCUT2D eigenvalue weighted by molar-refractivity contribution is 0.569. The van der Waals surface area contributed by atoms with Crippen molar-refractivity contribution >= 4 is 61.8 Å². The molecule has 2 unspecified atom stereocenters. The predicted molar refractivity (Wildman–Crippen MR) is 168 cm³/mol. The summed E-state index contributed by atoms with van der Waals surface area (Å²) in [5, 5.41) is 4.92. The number of hydrogen-bond donors (Lipinski definition) is 2. The van der Waals surface area contributed by atoms with Crippen molar-refractivity contribution < 1.29 is 9.59 Å². The summed E-state index contributed by atoms with van der Waals surface area (Å²) >= 11 is 0. The lowest BCUT2D eigenvalue weighted by Crippen LogP contribution is -2.03. The molecular weight excluding hydrogens is 532 g/mol. The highest BCUT2D eigenvalue weighted by Gasteiger charge is 2.22. The Kier molecular flexibility index (Phi) is 5.59. The number of imidazole rings is 1. The van der Waals surface area contributed by atoms with Crippen molar-refractivity contribution in [2.24, 2.45) is 0 Å². The first-order valence-electron chi connectivity index (χ1n) is 13.5. The number of carbonyl (C=O) groups is 2. The summed E-state index contributed by atoms with van der Waals surface area (Å²) in [6.07, 6.45) is 3.90. The number of carbonyl (C=O) groups excluding carboxylic acids is 2. The van der Waals surface area contributed by atoms with E-state index in [-0.39, 0.29) is 17.2 Å². The van der Waals surface area contributed by atoms with Gasteiger partial charge in [-0.15, -0.1) is 0 Å². The Labute approximate surface area is 234 Å². The van der Waals surface area contributed by atoms with Crippen LogP contribution in [0.3, 0.4) is 0 Å². The van der Waals surface area contributed by atoms with Gasteiger partial charge in [0.2, 0.25) is 0 Å². The van der Waals surface area contributed by atoms with Crippen LogP contribution in [-0.4, -0.2) is 27.0 Å². The van der Waals surface area contributed by atoms with Gasteiger partial charge in [0.1, 0.15) is 17.6 Å². The largest absolute Gasteiger partial charge is 0.354 e. The molecule has 0 bridgehead atoms. The zero-order valence-electron chi connectivity index (χ0n) is 21.6. The van der Waals surface area contributed by atoms with Crippen molar-refractivity contribution in [2.45, 2.75) is 25.7 Å². The molecule has 0 saturated carbocycles. The van der Waals surface area contributed by atoms with Crippen LogP contribution >= 0.6 is 17.2 Å². The standard InChI is InChI=1S/C33H25N3O2P2/c37-16-39-30-15-24-6-5-22-11-25-9-18(1-3-20(25)13-27(22)31(24)35-30)19-2-4-21-14-28-23(12-26(21)10-19)7-8-29-32(28)36-33(34-29)40-17-38/h1-4,9-17,35,39-40H,5-8H2,(H,34,36). The Hall–Kier alpha value is -3.91. The van der Waals surface area contributed by atoms with E-state index >= 15 is 0 Å². The summed E-state index contributed by atoms with van der Waals surface area (Å²) in [5.74, 6) is 0. The molecule has 2 atom stereocenters. The smallest absolute Gasteiger partial charge is 0.146 e. The number of fused-ring (bicyclic) bond motifs is 8. The molecule has 4 aromatic carbocycles. The fraction of sp³-hybridized carbons (Fsp3) is 0.121. The van der Waals surface area contributed by atoms with Gasteiger partial charge < -0.3 is 9.97 Å². The van der Waals surface area contributed by atoms with E-state index < -0.39 is 0 Å². The van der Waals surface area contributed by atoms with Gasteiger partial charge in [-0.1, -0.05) is 36.4 Å². The van der Waals surface area contributed by atoms with Crippen LogP contribution in [-0.2, 0) is 35.3 Å². The van der Waals surface area contributed by atoms with E-state index in [0.29, 0.717) is 0 Å². The quantitative estimate of drug-likeness (QED) is 0.195. The van der Waals surface area contributed by atoms with Crippen LogP contribution in [0.2, 0.25) is 0 Å². The van der Waals surface area contributed by atoms with Crippen molar-refractivity contribution in [1.82, 2.24) is 15.0 Å². The molecule has 8 rings (SSSR count). The van der Waals surface area contributed by atoms with Gasteiger partial charge in [-0.3, -0.25) is 9.59 Å². The van der Waals surface area contributed by atoms with E-state index in [0.717, 1.165) is 60.1 Å². The lowest BCUT2D eigenvalue weighted by Gasteiger charge is -2.18. The molecule has 0 aliphatic heterocycles. The first kappa shape index (κ1) is 23.9. The van der Waals surface area contributed by atoms with Gasteiger partial charge in [-0.25, -0.2) is 4.98 Å². The van der Waals surface area contributed by atoms with E-state index in [4.69, 9.17) is 4.98 Å². The number of aryl methyl sites for hydroxylation is 4. The van der Waals surface area contributed by atoms with Gasteiger partial charge in [0.05, 0.1) is 5.69 Å². The molecule has 6 aromatic rings. The van der Waals surface area contributed by atoms with Crippen LogP contribution in [0.15, 0.2) is 66.7 Å². The maximum Gasteiger partial charge on any atom is 0.146 e. The number of aromatic nitrogens is 3. The van der Waals surface area contributed by atoms with Gasteiger partial charge in [0, 0.05) is 36.5 Å². The second kappa shape index (κ2) is 9.34. The monoisotopic (exact) mass is 557 g/mol. The van der Waals surface area contributed by atoms with E-state index in [9.17, 15) is 9.59 Å². The molecule has 7 heteroatoms. The van der Waals surface area contributed by atoms with Crippen molar-refractivity contribution in [3.63, 3.8) is 0 Å². The predicted octanol–water partition coefficient (Wildman–Crippen LogP) is 6.23. The highest BCUT2D eigenvalue weighted by atomic mass is 31.1. The highest BCUT2D eigenvalue weighted by Crippen LogP contribution is 2.38. The zero-order chi connectivity index (χ0) is 26.8. The van der Waals surface area contributed by atoms with Gasteiger partial charge in [0.15, 0.2) is 0 Å². The molecule has 5 nitrogen and oxygen atoms in total. The first-order valence-corrected chi connectivity index (χ1v) is 15.7. The SMILES string of the molecule is O=CPc1cc2c([nH]1)-c1cc3ccc(-c4ccc5cc6c(cc5c4)CCc4[nH]c(PC=O)nc4-6)cc3cc1CC2. The molecule has 194 valence electrons. The fourth-order valence-electron chi connectivity index (χ4n) is 6.46. The van der Waals surface area contributed by atoms with E-state index in [2.05, 4.69) is 76.7 Å². The van der Waals surface area contributed by atoms with Gasteiger partial charge in [-0.2, -0.15) is 0 Å². The molecule has 40 heavy (non-hydrogen) atoms. The minimum absolute atomic E-state index is 0.0657. The Balaban J connectivity index is 1.16. The van der Waals surface area contributed by atoms with E-state index in [1.807, 2.05) is 0 Å². The molecule has 2 aliphatic carbocycles. The molecule has 0 fully saturated rings. The van der Waals surface area contributed by atoms with E-state index in [1.54, 1.807) is 0 Å². The summed E-state index contributed by atoms with van der Waals surface area (Å²) in [5.41, 5.74) is 14.0. The summed E-state index contributed by atoms with van der Waals surface area (Å²) in [6, 6.07) is 26.8. The van der Waals surface area contributed by atoms with Gasteiger partial charge >= 0.3 is 0 Å². The van der Waals surface area contributed by atoms with Gasteiger partial charge in [-0.05, 0) is 114 Å². The van der Waals surface area contributed by atoms with Crippen molar-refractivity contribution in [3.05, 3.63) is 89.1 Å². The third-order valence-corrected chi connectivity index (χ3v) is 9.70. The lowest BCUT2D eigenvalue weighted by atomic mass is 9.87. The Morgan fingerprint density at radius 1 is 0.625 bits per heavy atom. The summed E-state index contributed by atoms with van der Waals surface area (Å²) in [6.45, 7) is 0. The molecule has 0 saturated heterocycles. The van der Waals surface area contributed by atoms with E-state index in [1.165, 1.54) is 66.2 Å². The summed E-state index contributed by atoms with van der Waals surface area (Å²) < 4.78 is 0. The maximum atomic E-state index is 11.0. The van der Waals surface area contributed by atoms with Crippen molar-refractivity contribution in [2.75, 3.05) is 0 Å². The van der Waals surface area contributed by atoms with Crippen LogP contribution in [0.4, 0.5) is 0 Å². The van der Waals surface area contributed by atoms with Crippen LogP contribution in [0.5, 0.6) is 0 Å². The van der Waals surface area contributed by atoms with Crippen LogP contribution in [0.1, 0.15) is 22.4 Å². The Morgan fingerprint density at radius 2 is 1.27 bits per heavy atom. The number of rotatable bonds is 5. The third-order valence-electron chi connectivity index (χ3n) is 8.38. The molecule has 0 spiro atoms. The molecule has 2 N–H and O–H groups in total. The summed E-state index contributed by atoms with van der Waals surface area (Å²) in [4.78, 5) is 33.6. The number of hydrogen-bond acceptors (Lipinski definition) is 3. The third kappa shape index (κ3) is 3.88. The first-order chi connectivity index (χ1) is 19.7. The Morgan fingerprint density at radius 3 is 2.00 bits per heavy atom. The number of benzene rings is 4. The number of nitrogens with one attached hydrogen (secondary N) is 2. The average Bonchev–Trinajstić information content (AvgIpc) is 3.59. The maximum absolute atomic E-state index is 11.0. The second-order valence-corrected chi connectivity index (χ2v) is 12.7. The second-order valence-electron chi connectivity index (χ2n) is 10.7. The number of nitrogens with zero attached hydrogens (tertiary/aromatic N) is 1. The molecule has 0 radical (unpaired) electrons. The van der Waals surface area contributed by atoms with Crippen LogP contribution in [0, 0.1) is 0 Å². The highest BCUT2D eigenvalue weighted by molar-refractivity contribution is 7.62. The van der Waals surface area contributed by atoms with Crippen molar-refractivity contribution in [3.8, 4) is 33.6 Å². The van der Waals surface area contributed by atoms with Crippen molar-refractivity contribution in [1.29, 1.82) is 0 Å². The molecule has 2 aromatic heterocycles. The normalized spacial score (nSPS) is 14.1. The molecule has 0 amide bonds. The van der Waals surface area contributed by atoms with Crippen LogP contribution < -0.4 is 11.0 Å². The minimum atomic E-state index is 0.0657. The van der Waals surface area contributed by atoms with Gasteiger partial charge in [0.25, 0.3) is 0 Å². The molecule has 2 aliphatic rings.